The van der Waals surface area contributed by atoms with Gasteiger partial charge >= 0.3 is 5.97 Å². The third-order valence-corrected chi connectivity index (χ3v) is 3.33. The van der Waals surface area contributed by atoms with Crippen molar-refractivity contribution in [3.05, 3.63) is 35.4 Å². The predicted octanol–water partition coefficient (Wildman–Crippen LogP) is 3.22. The van der Waals surface area contributed by atoms with Crippen molar-refractivity contribution >= 4 is 5.97 Å². The van der Waals surface area contributed by atoms with Gasteiger partial charge in [0, 0.05) is 0 Å². The van der Waals surface area contributed by atoms with E-state index in [-0.39, 0.29) is 11.8 Å². The molecule has 1 aliphatic carbocycles. The number of aliphatic carboxylic acids is 1. The summed E-state index contributed by atoms with van der Waals surface area (Å²) in [6, 6.07) is 8.47. The Hall–Kier alpha value is -1.31. The van der Waals surface area contributed by atoms with Gasteiger partial charge in [-0.2, -0.15) is 0 Å². The Morgan fingerprint density at radius 3 is 2.56 bits per heavy atom. The molecule has 0 radical (unpaired) electrons. The number of hydrogen-bond donors (Lipinski definition) is 1. The van der Waals surface area contributed by atoms with Crippen LogP contribution < -0.4 is 0 Å². The van der Waals surface area contributed by atoms with E-state index in [2.05, 4.69) is 31.2 Å². The Balaban J connectivity index is 1.95. The summed E-state index contributed by atoms with van der Waals surface area (Å²) in [7, 11) is 0. The van der Waals surface area contributed by atoms with Gasteiger partial charge in [0.1, 0.15) is 0 Å². The molecule has 0 amide bonds. The monoisotopic (exact) mass is 218 g/mol. The Bertz CT molecular complexity index is 367. The van der Waals surface area contributed by atoms with E-state index in [0.717, 1.165) is 12.8 Å². The highest BCUT2D eigenvalue weighted by Crippen LogP contribution is 2.47. The molecule has 0 spiro atoms. The molecule has 2 rings (SSSR count). The Labute approximate surface area is 96.3 Å². The molecule has 1 saturated carbocycles. The Morgan fingerprint density at radius 1 is 1.38 bits per heavy atom. The SMILES string of the molecule is CCCCc1ccc([C@@H]2C[C@H]2C(=O)O)cc1. The highest BCUT2D eigenvalue weighted by molar-refractivity contribution is 5.75. The second-order valence-electron chi connectivity index (χ2n) is 4.63. The van der Waals surface area contributed by atoms with E-state index in [1.54, 1.807) is 0 Å². The van der Waals surface area contributed by atoms with E-state index in [4.69, 9.17) is 5.11 Å². The fourth-order valence-electron chi connectivity index (χ4n) is 2.15. The van der Waals surface area contributed by atoms with Gasteiger partial charge in [0.25, 0.3) is 0 Å². The molecule has 1 N–H and O–H groups in total. The quantitative estimate of drug-likeness (QED) is 0.824. The fourth-order valence-corrected chi connectivity index (χ4v) is 2.15. The van der Waals surface area contributed by atoms with Crippen LogP contribution in [-0.2, 0) is 11.2 Å². The molecule has 1 aromatic carbocycles. The first-order chi connectivity index (χ1) is 7.72. The van der Waals surface area contributed by atoms with Gasteiger partial charge in [-0.1, -0.05) is 37.6 Å². The number of carboxylic acid groups (broad SMARTS) is 1. The van der Waals surface area contributed by atoms with E-state index in [9.17, 15) is 4.79 Å². The third-order valence-electron chi connectivity index (χ3n) is 3.33. The zero-order chi connectivity index (χ0) is 11.5. The summed E-state index contributed by atoms with van der Waals surface area (Å²) in [6.07, 6.45) is 4.37. The van der Waals surface area contributed by atoms with Crippen LogP contribution in [0.5, 0.6) is 0 Å². The smallest absolute Gasteiger partial charge is 0.307 e. The highest BCUT2D eigenvalue weighted by atomic mass is 16.4. The molecule has 0 aromatic heterocycles. The van der Waals surface area contributed by atoms with Gasteiger partial charge < -0.3 is 5.11 Å². The second-order valence-corrected chi connectivity index (χ2v) is 4.63. The van der Waals surface area contributed by atoms with Crippen LogP contribution in [0.4, 0.5) is 0 Å². The minimum atomic E-state index is -0.653. The van der Waals surface area contributed by atoms with Crippen molar-refractivity contribution in [1.82, 2.24) is 0 Å². The zero-order valence-electron chi connectivity index (χ0n) is 9.65. The molecule has 0 heterocycles. The summed E-state index contributed by atoms with van der Waals surface area (Å²) in [5, 5.41) is 8.86. The van der Waals surface area contributed by atoms with Crippen molar-refractivity contribution in [3.63, 3.8) is 0 Å². The van der Waals surface area contributed by atoms with E-state index in [1.807, 2.05) is 0 Å². The average molecular weight is 218 g/mol. The molecule has 0 bridgehead atoms. The van der Waals surface area contributed by atoms with E-state index >= 15 is 0 Å². The maximum Gasteiger partial charge on any atom is 0.307 e. The first kappa shape index (κ1) is 11.2. The lowest BCUT2D eigenvalue weighted by Crippen LogP contribution is -1.98. The number of carboxylic acids is 1. The average Bonchev–Trinajstić information content (AvgIpc) is 3.07. The van der Waals surface area contributed by atoms with Crippen molar-refractivity contribution in [1.29, 1.82) is 0 Å². The maximum atomic E-state index is 10.8. The van der Waals surface area contributed by atoms with Crippen LogP contribution in [0.3, 0.4) is 0 Å². The van der Waals surface area contributed by atoms with Gasteiger partial charge in [0.2, 0.25) is 0 Å². The maximum absolute atomic E-state index is 10.8. The standard InChI is InChI=1S/C14H18O2/c1-2-3-4-10-5-7-11(8-6-10)12-9-13(12)14(15)16/h5-8,12-13H,2-4,9H2,1H3,(H,15,16)/t12-,13+/m0/s1. The van der Waals surface area contributed by atoms with Crippen LogP contribution in [-0.4, -0.2) is 11.1 Å². The van der Waals surface area contributed by atoms with Gasteiger partial charge in [-0.3, -0.25) is 4.79 Å². The van der Waals surface area contributed by atoms with Gasteiger partial charge in [-0.25, -0.2) is 0 Å². The van der Waals surface area contributed by atoms with Crippen LogP contribution in [0.25, 0.3) is 0 Å². The lowest BCUT2D eigenvalue weighted by atomic mass is 10.0. The molecule has 2 nitrogen and oxygen atoms in total. The second kappa shape index (κ2) is 4.69. The molecular weight excluding hydrogens is 200 g/mol. The lowest BCUT2D eigenvalue weighted by Gasteiger charge is -2.02. The highest BCUT2D eigenvalue weighted by Gasteiger charge is 2.43. The number of rotatable bonds is 5. The van der Waals surface area contributed by atoms with Crippen molar-refractivity contribution in [3.8, 4) is 0 Å². The Morgan fingerprint density at radius 2 is 2.06 bits per heavy atom. The third kappa shape index (κ3) is 2.43. The van der Waals surface area contributed by atoms with Crippen molar-refractivity contribution in [2.24, 2.45) is 5.92 Å². The molecule has 1 aliphatic rings. The molecule has 0 saturated heterocycles. The van der Waals surface area contributed by atoms with Gasteiger partial charge in [0.05, 0.1) is 5.92 Å². The van der Waals surface area contributed by atoms with E-state index in [0.29, 0.717) is 0 Å². The molecule has 2 heteroatoms. The van der Waals surface area contributed by atoms with Gasteiger partial charge in [-0.05, 0) is 36.3 Å². The summed E-state index contributed by atoms with van der Waals surface area (Å²) < 4.78 is 0. The number of carbonyl (C=O) groups is 1. The van der Waals surface area contributed by atoms with Crippen LogP contribution in [0.1, 0.15) is 43.2 Å². The number of aryl methyl sites for hydroxylation is 1. The summed E-state index contributed by atoms with van der Waals surface area (Å²) in [4.78, 5) is 10.8. The van der Waals surface area contributed by atoms with Crippen LogP contribution in [0.2, 0.25) is 0 Å². The van der Waals surface area contributed by atoms with Crippen molar-refractivity contribution in [2.75, 3.05) is 0 Å². The summed E-state index contributed by atoms with van der Waals surface area (Å²) >= 11 is 0. The molecule has 86 valence electrons. The Kier molecular flexibility index (Phi) is 3.28. The first-order valence-electron chi connectivity index (χ1n) is 6.04. The molecule has 16 heavy (non-hydrogen) atoms. The van der Waals surface area contributed by atoms with Crippen LogP contribution >= 0.6 is 0 Å². The summed E-state index contributed by atoms with van der Waals surface area (Å²) in [6.45, 7) is 2.19. The van der Waals surface area contributed by atoms with Crippen LogP contribution in [0.15, 0.2) is 24.3 Å². The molecule has 0 unspecified atom stereocenters. The number of benzene rings is 1. The van der Waals surface area contributed by atoms with E-state index in [1.165, 1.54) is 24.0 Å². The molecule has 1 aromatic rings. The van der Waals surface area contributed by atoms with E-state index < -0.39 is 5.97 Å². The van der Waals surface area contributed by atoms with Crippen LogP contribution in [0, 0.1) is 5.92 Å². The van der Waals surface area contributed by atoms with Gasteiger partial charge in [-0.15, -0.1) is 0 Å². The predicted molar refractivity (Wildman–Crippen MR) is 63.5 cm³/mol. The number of unbranched alkanes of at least 4 members (excludes halogenated alkanes) is 1. The minimum absolute atomic E-state index is 0.138. The van der Waals surface area contributed by atoms with Crippen molar-refractivity contribution < 1.29 is 9.90 Å². The molecule has 1 fully saturated rings. The van der Waals surface area contributed by atoms with Crippen molar-refractivity contribution in [2.45, 2.75) is 38.5 Å². The zero-order valence-corrected chi connectivity index (χ0v) is 9.65. The number of hydrogen-bond acceptors (Lipinski definition) is 1. The summed E-state index contributed by atoms with van der Waals surface area (Å²) in [5.41, 5.74) is 2.55. The summed E-state index contributed by atoms with van der Waals surface area (Å²) in [5.74, 6) is -0.528. The fraction of sp³-hybridized carbons (Fsp3) is 0.500. The van der Waals surface area contributed by atoms with Gasteiger partial charge in [0.15, 0.2) is 0 Å². The minimum Gasteiger partial charge on any atom is -0.481 e. The first-order valence-corrected chi connectivity index (χ1v) is 6.04. The molecular formula is C14H18O2. The molecule has 2 atom stereocenters. The largest absolute Gasteiger partial charge is 0.481 e. The normalized spacial score (nSPS) is 23.1. The molecule has 0 aliphatic heterocycles. The topological polar surface area (TPSA) is 37.3 Å². The lowest BCUT2D eigenvalue weighted by molar-refractivity contribution is -0.138.